The molecule has 0 aliphatic heterocycles. The second kappa shape index (κ2) is 15.9. The number of rotatable bonds is 6. The van der Waals surface area contributed by atoms with Crippen molar-refractivity contribution < 1.29 is 0 Å². The number of nitriles is 1. The number of nitrogens with zero attached hydrogens (tertiary/aromatic N) is 6. The van der Waals surface area contributed by atoms with E-state index < -0.39 is 0 Å². The van der Waals surface area contributed by atoms with Gasteiger partial charge in [0, 0.05) is 89.7 Å². The number of hydrogen-bond acceptors (Lipinski definition) is 6. The van der Waals surface area contributed by atoms with Crippen molar-refractivity contribution in [1.82, 2.24) is 24.1 Å². The van der Waals surface area contributed by atoms with Gasteiger partial charge in [-0.25, -0.2) is 15.0 Å². The first-order chi connectivity index (χ1) is 35.7. The van der Waals surface area contributed by atoms with E-state index in [1.807, 2.05) is 95.5 Å². The molecule has 6 nitrogen and oxygen atoms in total. The highest BCUT2D eigenvalue weighted by molar-refractivity contribution is 7.27. The van der Waals surface area contributed by atoms with Crippen molar-refractivity contribution in [3.8, 4) is 62.7 Å². The van der Waals surface area contributed by atoms with Gasteiger partial charge in [0.05, 0.1) is 45.1 Å². The van der Waals surface area contributed by atoms with Crippen LogP contribution in [0, 0.1) is 11.3 Å². The van der Waals surface area contributed by atoms with E-state index in [4.69, 9.17) is 15.0 Å². The first-order valence-electron chi connectivity index (χ1n) is 23.9. The van der Waals surface area contributed by atoms with Gasteiger partial charge in [-0.1, -0.05) is 164 Å². The fourth-order valence-electron chi connectivity index (χ4n) is 11.2. The SMILES string of the molecule is N#Cc1cccc(-n2c3ccccc3c3c4sc5ccccc5c4ccc32)c1-c1c(-c2nc(-c3ccccc3)nc(-c3ccccc3)n2)cccc1-n1c2ccccc2c2c3sc4ccccc4c3ccc21. The molecule has 0 N–H and O–H groups in total. The summed E-state index contributed by atoms with van der Waals surface area (Å²) in [5.41, 5.74) is 10.7. The summed E-state index contributed by atoms with van der Waals surface area (Å²) in [4.78, 5) is 15.9. The fraction of sp³-hybridized carbons (Fsp3) is 0. The molecule has 0 amide bonds. The van der Waals surface area contributed by atoms with Crippen molar-refractivity contribution in [2.24, 2.45) is 0 Å². The third-order valence-corrected chi connectivity index (χ3v) is 16.6. The second-order valence-electron chi connectivity index (χ2n) is 18.1. The molecular formula is C64H36N6S2. The third-order valence-electron chi connectivity index (χ3n) is 14.2. The molecule has 15 aromatic rings. The van der Waals surface area contributed by atoms with Gasteiger partial charge in [-0.2, -0.15) is 5.26 Å². The van der Waals surface area contributed by atoms with Crippen LogP contribution >= 0.6 is 22.7 Å². The van der Waals surface area contributed by atoms with Gasteiger partial charge in [-0.3, -0.25) is 0 Å². The van der Waals surface area contributed by atoms with Gasteiger partial charge >= 0.3 is 0 Å². The summed E-state index contributed by atoms with van der Waals surface area (Å²) in [7, 11) is 0. The van der Waals surface area contributed by atoms with Crippen LogP contribution in [0.15, 0.2) is 218 Å². The highest BCUT2D eigenvalue weighted by atomic mass is 32.1. The molecule has 5 aromatic heterocycles. The van der Waals surface area contributed by atoms with Gasteiger partial charge in [0.15, 0.2) is 17.5 Å². The molecule has 0 spiro atoms. The molecule has 334 valence electrons. The summed E-state index contributed by atoms with van der Waals surface area (Å²) in [6.07, 6.45) is 0. The summed E-state index contributed by atoms with van der Waals surface area (Å²) < 4.78 is 9.77. The average molecular weight is 953 g/mol. The van der Waals surface area contributed by atoms with Crippen molar-refractivity contribution >= 4 is 107 Å². The van der Waals surface area contributed by atoms with E-state index >= 15 is 0 Å². The third kappa shape index (κ3) is 5.96. The van der Waals surface area contributed by atoms with Gasteiger partial charge in [0.2, 0.25) is 0 Å². The molecule has 0 radical (unpaired) electrons. The number of thiophene rings is 2. The Morgan fingerprint density at radius 2 is 0.792 bits per heavy atom. The van der Waals surface area contributed by atoms with Crippen LogP contribution in [0.25, 0.3) is 141 Å². The number of aromatic nitrogens is 5. The van der Waals surface area contributed by atoms with Gasteiger partial charge in [0.25, 0.3) is 0 Å². The lowest BCUT2D eigenvalue weighted by Crippen LogP contribution is -2.07. The molecule has 72 heavy (non-hydrogen) atoms. The topological polar surface area (TPSA) is 72.3 Å². The zero-order valence-corrected chi connectivity index (χ0v) is 39.9. The average Bonchev–Trinajstić information content (AvgIpc) is 4.21. The normalized spacial score (nSPS) is 11.9. The van der Waals surface area contributed by atoms with Gasteiger partial charge in [0.1, 0.15) is 0 Å². The maximum absolute atomic E-state index is 11.5. The summed E-state index contributed by atoms with van der Waals surface area (Å²) >= 11 is 3.67. The van der Waals surface area contributed by atoms with Gasteiger partial charge < -0.3 is 9.13 Å². The first-order valence-corrected chi connectivity index (χ1v) is 25.5. The van der Waals surface area contributed by atoms with Crippen molar-refractivity contribution in [1.29, 1.82) is 5.26 Å². The number of hydrogen-bond donors (Lipinski definition) is 0. The molecular weight excluding hydrogens is 917 g/mol. The minimum atomic E-state index is 0.500. The fourth-order valence-corrected chi connectivity index (χ4v) is 13.7. The van der Waals surface area contributed by atoms with Crippen LogP contribution in [0.4, 0.5) is 0 Å². The summed E-state index contributed by atoms with van der Waals surface area (Å²) in [6.45, 7) is 0. The van der Waals surface area contributed by atoms with Crippen molar-refractivity contribution in [2.45, 2.75) is 0 Å². The van der Waals surface area contributed by atoms with Crippen LogP contribution in [0.1, 0.15) is 5.56 Å². The lowest BCUT2D eigenvalue weighted by molar-refractivity contribution is 1.07. The van der Waals surface area contributed by atoms with E-state index in [1.165, 1.54) is 51.1 Å². The summed E-state index contributed by atoms with van der Waals surface area (Å²) in [5, 5.41) is 21.2. The zero-order chi connectivity index (χ0) is 47.4. The zero-order valence-electron chi connectivity index (χ0n) is 38.3. The van der Waals surface area contributed by atoms with Gasteiger partial charge in [-0.05, 0) is 54.6 Å². The quantitative estimate of drug-likeness (QED) is 0.166. The largest absolute Gasteiger partial charge is 0.309 e. The maximum atomic E-state index is 11.5. The van der Waals surface area contributed by atoms with E-state index in [2.05, 4.69) is 161 Å². The van der Waals surface area contributed by atoms with Crippen LogP contribution in [-0.2, 0) is 0 Å². The smallest absolute Gasteiger partial charge is 0.164 e. The molecule has 0 fully saturated rings. The molecule has 0 saturated heterocycles. The van der Waals surface area contributed by atoms with Crippen molar-refractivity contribution in [2.75, 3.05) is 0 Å². The van der Waals surface area contributed by atoms with Crippen molar-refractivity contribution in [3.05, 3.63) is 224 Å². The van der Waals surface area contributed by atoms with E-state index in [0.29, 0.717) is 23.0 Å². The molecule has 0 atom stereocenters. The molecule has 0 bridgehead atoms. The summed E-state index contributed by atoms with van der Waals surface area (Å²) in [5.74, 6) is 1.62. The maximum Gasteiger partial charge on any atom is 0.164 e. The Bertz CT molecular complexity index is 4710. The van der Waals surface area contributed by atoms with Crippen LogP contribution < -0.4 is 0 Å². The predicted molar refractivity (Wildman–Crippen MR) is 301 cm³/mol. The van der Waals surface area contributed by atoms with Crippen molar-refractivity contribution in [3.63, 3.8) is 0 Å². The van der Waals surface area contributed by atoms with Crippen LogP contribution in [-0.4, -0.2) is 24.1 Å². The molecule has 8 heteroatoms. The first kappa shape index (κ1) is 40.6. The molecule has 0 saturated carbocycles. The Morgan fingerprint density at radius 1 is 0.347 bits per heavy atom. The van der Waals surface area contributed by atoms with E-state index in [1.54, 1.807) is 0 Å². The highest BCUT2D eigenvalue weighted by Gasteiger charge is 2.28. The molecule has 0 aliphatic carbocycles. The molecule has 5 heterocycles. The highest BCUT2D eigenvalue weighted by Crippen LogP contribution is 2.49. The second-order valence-corrected chi connectivity index (χ2v) is 20.2. The summed E-state index contributed by atoms with van der Waals surface area (Å²) in [6, 6.07) is 79.3. The van der Waals surface area contributed by atoms with Gasteiger partial charge in [-0.15, -0.1) is 22.7 Å². The Balaban J connectivity index is 1.11. The monoisotopic (exact) mass is 952 g/mol. The van der Waals surface area contributed by atoms with Crippen LogP contribution in [0.5, 0.6) is 0 Å². The minimum Gasteiger partial charge on any atom is -0.309 e. The molecule has 15 rings (SSSR count). The number of benzene rings is 10. The Kier molecular flexibility index (Phi) is 8.96. The predicted octanol–water partition coefficient (Wildman–Crippen LogP) is 17.3. The molecule has 0 unspecified atom stereocenters. The number of para-hydroxylation sites is 2. The van der Waals surface area contributed by atoms with Crippen LogP contribution in [0.2, 0.25) is 0 Å². The molecule has 10 aromatic carbocycles. The standard InChI is InChI=1S/C64H36N6S2/c65-37-40-21-15-29-50(69-48-27-11-7-24-45(48)58-52(69)35-33-43-41-22-9-13-31-54(41)71-60(43)58)56(40)57-47(64-67-62(38-17-3-1-4-18-38)66-63(68-64)39-19-5-2-6-20-39)26-16-30-51(57)70-49-28-12-8-25-46(49)59-53(70)36-34-44-42-23-10-14-32-55(42)72-61(44)59/h1-36H. The Hall–Kier alpha value is -9.26. The van der Waals surface area contributed by atoms with E-state index in [-0.39, 0.29) is 0 Å². The lowest BCUT2D eigenvalue weighted by Gasteiger charge is -2.22. The molecule has 0 aliphatic rings. The minimum absolute atomic E-state index is 0.500. The Labute approximate surface area is 420 Å². The van der Waals surface area contributed by atoms with Crippen LogP contribution in [0.3, 0.4) is 0 Å². The number of fused-ring (bicyclic) bond motifs is 14. The van der Waals surface area contributed by atoms with E-state index in [0.717, 1.165) is 72.0 Å². The lowest BCUT2D eigenvalue weighted by atomic mass is 9.91. The Morgan fingerprint density at radius 3 is 1.32 bits per heavy atom. The van der Waals surface area contributed by atoms with E-state index in [9.17, 15) is 5.26 Å².